The third-order valence-corrected chi connectivity index (χ3v) is 3.24. The Labute approximate surface area is 134 Å². The van der Waals surface area contributed by atoms with E-state index in [9.17, 15) is 0 Å². The standard InChI is InChI=1S/C15H21BrClNO2/c1-10(2)7-18-8-12-5-13(16)15(14(6-12)19-4)20-9-11(3)17/h5-6,10,18H,3,7-9H2,1-2,4H3. The Balaban J connectivity index is 2.81. The van der Waals surface area contributed by atoms with Crippen molar-refractivity contribution in [2.75, 3.05) is 20.3 Å². The van der Waals surface area contributed by atoms with Crippen molar-refractivity contribution in [3.8, 4) is 11.5 Å². The minimum atomic E-state index is 0.251. The van der Waals surface area contributed by atoms with Gasteiger partial charge >= 0.3 is 0 Å². The van der Waals surface area contributed by atoms with Crippen LogP contribution in [0.4, 0.5) is 0 Å². The monoisotopic (exact) mass is 361 g/mol. The summed E-state index contributed by atoms with van der Waals surface area (Å²) in [6.07, 6.45) is 0. The van der Waals surface area contributed by atoms with E-state index >= 15 is 0 Å². The molecule has 112 valence electrons. The molecule has 0 aliphatic heterocycles. The summed E-state index contributed by atoms with van der Waals surface area (Å²) < 4.78 is 11.8. The first-order valence-electron chi connectivity index (χ1n) is 6.47. The number of rotatable bonds is 8. The molecule has 0 aliphatic rings. The maximum atomic E-state index is 5.72. The Kier molecular flexibility index (Phi) is 7.41. The molecule has 0 saturated heterocycles. The van der Waals surface area contributed by atoms with Crippen LogP contribution in [0, 0.1) is 5.92 Å². The molecule has 1 aromatic rings. The second kappa shape index (κ2) is 8.55. The first-order valence-corrected chi connectivity index (χ1v) is 7.64. The molecule has 1 rings (SSSR count). The number of ether oxygens (including phenoxy) is 2. The van der Waals surface area contributed by atoms with E-state index < -0.39 is 0 Å². The van der Waals surface area contributed by atoms with Gasteiger partial charge in [-0.25, -0.2) is 0 Å². The summed E-state index contributed by atoms with van der Waals surface area (Å²) in [4.78, 5) is 0. The zero-order valence-electron chi connectivity index (χ0n) is 12.1. The largest absolute Gasteiger partial charge is 0.493 e. The summed E-state index contributed by atoms with van der Waals surface area (Å²) in [5.74, 6) is 1.94. The van der Waals surface area contributed by atoms with Crippen LogP contribution in [-0.2, 0) is 6.54 Å². The van der Waals surface area contributed by atoms with Crippen LogP contribution in [0.15, 0.2) is 28.2 Å². The molecular formula is C15H21BrClNO2. The number of hydrogen-bond donors (Lipinski definition) is 1. The van der Waals surface area contributed by atoms with Crippen LogP contribution < -0.4 is 14.8 Å². The fourth-order valence-electron chi connectivity index (χ4n) is 1.67. The minimum absolute atomic E-state index is 0.251. The average Bonchev–Trinajstić information content (AvgIpc) is 2.36. The van der Waals surface area contributed by atoms with Crippen molar-refractivity contribution in [1.29, 1.82) is 0 Å². The highest BCUT2D eigenvalue weighted by Gasteiger charge is 2.12. The summed E-state index contributed by atoms with van der Waals surface area (Å²) >= 11 is 9.22. The van der Waals surface area contributed by atoms with Crippen molar-refractivity contribution in [1.82, 2.24) is 5.32 Å². The Morgan fingerprint density at radius 2 is 2.15 bits per heavy atom. The molecule has 0 aromatic heterocycles. The van der Waals surface area contributed by atoms with Crippen molar-refractivity contribution in [2.45, 2.75) is 20.4 Å². The van der Waals surface area contributed by atoms with E-state index in [1.54, 1.807) is 7.11 Å². The molecule has 0 saturated carbocycles. The van der Waals surface area contributed by atoms with Crippen molar-refractivity contribution in [3.63, 3.8) is 0 Å². The van der Waals surface area contributed by atoms with Crippen LogP contribution in [0.2, 0.25) is 0 Å². The molecule has 3 nitrogen and oxygen atoms in total. The lowest BCUT2D eigenvalue weighted by molar-refractivity contribution is 0.321. The van der Waals surface area contributed by atoms with E-state index in [0.29, 0.717) is 22.4 Å². The van der Waals surface area contributed by atoms with Gasteiger partial charge in [0, 0.05) is 11.6 Å². The summed E-state index contributed by atoms with van der Waals surface area (Å²) in [5.41, 5.74) is 1.13. The van der Waals surface area contributed by atoms with Gasteiger partial charge in [-0.05, 0) is 46.1 Å². The lowest BCUT2D eigenvalue weighted by Crippen LogP contribution is -2.19. The predicted molar refractivity (Wildman–Crippen MR) is 87.7 cm³/mol. The van der Waals surface area contributed by atoms with E-state index in [0.717, 1.165) is 23.1 Å². The molecule has 5 heteroatoms. The smallest absolute Gasteiger partial charge is 0.175 e. The highest BCUT2D eigenvalue weighted by atomic mass is 79.9. The summed E-state index contributed by atoms with van der Waals surface area (Å²) in [5, 5.41) is 3.84. The fraction of sp³-hybridized carbons (Fsp3) is 0.467. The van der Waals surface area contributed by atoms with Gasteiger partial charge in [0.05, 0.1) is 11.6 Å². The quantitative estimate of drug-likeness (QED) is 0.746. The van der Waals surface area contributed by atoms with E-state index in [4.69, 9.17) is 21.1 Å². The molecule has 1 aromatic carbocycles. The van der Waals surface area contributed by atoms with Crippen molar-refractivity contribution < 1.29 is 9.47 Å². The van der Waals surface area contributed by atoms with Gasteiger partial charge in [-0.1, -0.05) is 32.0 Å². The lowest BCUT2D eigenvalue weighted by Gasteiger charge is -2.15. The molecule has 0 aliphatic carbocycles. The van der Waals surface area contributed by atoms with Crippen LogP contribution in [-0.4, -0.2) is 20.3 Å². The average molecular weight is 363 g/mol. The Morgan fingerprint density at radius 1 is 1.45 bits per heavy atom. The molecular weight excluding hydrogens is 342 g/mol. The highest BCUT2D eigenvalue weighted by molar-refractivity contribution is 9.10. The van der Waals surface area contributed by atoms with E-state index in [1.165, 1.54) is 0 Å². The van der Waals surface area contributed by atoms with E-state index in [-0.39, 0.29) is 6.61 Å². The topological polar surface area (TPSA) is 30.5 Å². The molecule has 0 heterocycles. The molecule has 20 heavy (non-hydrogen) atoms. The maximum Gasteiger partial charge on any atom is 0.175 e. The number of halogens is 2. The van der Waals surface area contributed by atoms with Gasteiger partial charge < -0.3 is 14.8 Å². The second-order valence-electron chi connectivity index (χ2n) is 4.94. The summed E-state index contributed by atoms with van der Waals surface area (Å²) in [7, 11) is 1.62. The predicted octanol–water partition coefficient (Wildman–Crippen LogP) is 4.33. The van der Waals surface area contributed by atoms with Crippen LogP contribution in [0.5, 0.6) is 11.5 Å². The van der Waals surface area contributed by atoms with E-state index in [2.05, 4.69) is 41.7 Å². The third-order valence-electron chi connectivity index (χ3n) is 2.54. The second-order valence-corrected chi connectivity index (χ2v) is 6.33. The van der Waals surface area contributed by atoms with Gasteiger partial charge in [0.25, 0.3) is 0 Å². The van der Waals surface area contributed by atoms with Crippen LogP contribution in [0.3, 0.4) is 0 Å². The fourth-order valence-corrected chi connectivity index (χ4v) is 2.33. The first kappa shape index (κ1) is 17.3. The summed E-state index contributed by atoms with van der Waals surface area (Å²) in [6, 6.07) is 3.98. The van der Waals surface area contributed by atoms with Crippen LogP contribution in [0.25, 0.3) is 0 Å². The molecule has 0 spiro atoms. The normalized spacial score (nSPS) is 10.7. The lowest BCUT2D eigenvalue weighted by atomic mass is 10.2. The number of methoxy groups -OCH3 is 1. The van der Waals surface area contributed by atoms with Crippen molar-refractivity contribution >= 4 is 27.5 Å². The van der Waals surface area contributed by atoms with Gasteiger partial charge in [-0.3, -0.25) is 0 Å². The number of nitrogens with one attached hydrogen (secondary N) is 1. The third kappa shape index (κ3) is 5.73. The molecule has 0 bridgehead atoms. The molecule has 0 atom stereocenters. The van der Waals surface area contributed by atoms with Gasteiger partial charge in [0.2, 0.25) is 0 Å². The Morgan fingerprint density at radius 3 is 2.70 bits per heavy atom. The number of benzene rings is 1. The minimum Gasteiger partial charge on any atom is -0.493 e. The first-order chi connectivity index (χ1) is 9.43. The zero-order chi connectivity index (χ0) is 15.1. The van der Waals surface area contributed by atoms with Crippen LogP contribution in [0.1, 0.15) is 19.4 Å². The van der Waals surface area contributed by atoms with Crippen LogP contribution >= 0.6 is 27.5 Å². The zero-order valence-corrected chi connectivity index (χ0v) is 14.5. The molecule has 0 amide bonds. The van der Waals surface area contributed by atoms with Gasteiger partial charge in [0.15, 0.2) is 11.5 Å². The Hall–Kier alpha value is -0.710. The van der Waals surface area contributed by atoms with Crippen molar-refractivity contribution in [3.05, 3.63) is 33.8 Å². The molecule has 0 fully saturated rings. The van der Waals surface area contributed by atoms with E-state index in [1.807, 2.05) is 12.1 Å². The van der Waals surface area contributed by atoms with Gasteiger partial charge in [0.1, 0.15) is 6.61 Å². The van der Waals surface area contributed by atoms with Gasteiger partial charge in [-0.15, -0.1) is 0 Å². The maximum absolute atomic E-state index is 5.72. The molecule has 0 unspecified atom stereocenters. The number of hydrogen-bond acceptors (Lipinski definition) is 3. The SMILES string of the molecule is C=C(Cl)COc1c(Br)cc(CNCC(C)C)cc1OC. The molecule has 0 radical (unpaired) electrons. The Bertz CT molecular complexity index is 463. The summed E-state index contributed by atoms with van der Waals surface area (Å²) in [6.45, 7) is 9.98. The highest BCUT2D eigenvalue weighted by Crippen LogP contribution is 2.37. The molecule has 1 N–H and O–H groups in total. The van der Waals surface area contributed by atoms with Crippen molar-refractivity contribution in [2.24, 2.45) is 5.92 Å². The van der Waals surface area contributed by atoms with Gasteiger partial charge in [-0.2, -0.15) is 0 Å².